The van der Waals surface area contributed by atoms with Crippen LogP contribution < -0.4 is 0 Å². The van der Waals surface area contributed by atoms with Gasteiger partial charge in [-0.1, -0.05) is 13.8 Å². The fourth-order valence-electron chi connectivity index (χ4n) is 4.53. The van der Waals surface area contributed by atoms with E-state index in [2.05, 4.69) is 0 Å². The summed E-state index contributed by atoms with van der Waals surface area (Å²) in [6.45, 7) is 1.86. The van der Waals surface area contributed by atoms with Crippen LogP contribution in [-0.4, -0.2) is 110 Å². The van der Waals surface area contributed by atoms with E-state index < -0.39 is 85.6 Å². The summed E-state index contributed by atoms with van der Waals surface area (Å²) in [5, 5.41) is 70.5. The topological polar surface area (TPSA) is 196 Å². The predicted molar refractivity (Wildman–Crippen MR) is 108 cm³/mol. The molecular formula is C21H34O12. The van der Waals surface area contributed by atoms with Gasteiger partial charge in [0.25, 0.3) is 0 Å². The van der Waals surface area contributed by atoms with Crippen LogP contribution in [0.1, 0.15) is 26.7 Å². The molecular weight excluding hydrogens is 444 g/mol. The normalized spacial score (nSPS) is 43.9. The molecule has 2 aliphatic heterocycles. The molecule has 2 fully saturated rings. The maximum absolute atomic E-state index is 12.3. The largest absolute Gasteiger partial charge is 0.462 e. The van der Waals surface area contributed by atoms with Gasteiger partial charge in [-0.05, 0) is 18.4 Å². The van der Waals surface area contributed by atoms with Gasteiger partial charge in [0, 0.05) is 5.92 Å². The van der Waals surface area contributed by atoms with Crippen LogP contribution in [0.5, 0.6) is 0 Å². The summed E-state index contributed by atoms with van der Waals surface area (Å²) in [6.07, 6.45) is -8.03. The van der Waals surface area contributed by atoms with Crippen molar-refractivity contribution in [2.75, 3.05) is 19.8 Å². The first-order valence-electron chi connectivity index (χ1n) is 11.1. The van der Waals surface area contributed by atoms with E-state index in [9.17, 15) is 40.5 Å². The Labute approximate surface area is 191 Å². The van der Waals surface area contributed by atoms with E-state index in [1.165, 1.54) is 6.26 Å². The molecule has 3 aliphatic rings. The van der Waals surface area contributed by atoms with Crippen molar-refractivity contribution >= 4 is 5.97 Å². The highest BCUT2D eigenvalue weighted by Gasteiger charge is 2.60. The number of aliphatic hydroxyl groups is 7. The van der Waals surface area contributed by atoms with E-state index >= 15 is 0 Å². The number of rotatable bonds is 8. The van der Waals surface area contributed by atoms with Crippen LogP contribution in [0.2, 0.25) is 0 Å². The molecule has 0 radical (unpaired) electrons. The summed E-state index contributed by atoms with van der Waals surface area (Å²) < 4.78 is 21.9. The minimum absolute atomic E-state index is 0.0202. The summed E-state index contributed by atoms with van der Waals surface area (Å²) in [7, 11) is 0. The highest BCUT2D eigenvalue weighted by atomic mass is 16.7. The molecule has 1 saturated carbocycles. The van der Waals surface area contributed by atoms with E-state index in [-0.39, 0.29) is 13.0 Å². The zero-order valence-electron chi connectivity index (χ0n) is 18.6. The predicted octanol–water partition coefficient (Wildman–Crippen LogP) is -2.65. The minimum atomic E-state index is -1.99. The third-order valence-electron chi connectivity index (χ3n) is 6.95. The Kier molecular flexibility index (Phi) is 8.36. The summed E-state index contributed by atoms with van der Waals surface area (Å²) in [5.74, 6) is -2.56. The van der Waals surface area contributed by atoms with Gasteiger partial charge in [-0.2, -0.15) is 0 Å². The summed E-state index contributed by atoms with van der Waals surface area (Å²) in [4.78, 5) is 12.3. The van der Waals surface area contributed by atoms with Crippen LogP contribution >= 0.6 is 0 Å². The Balaban J connectivity index is 1.76. The summed E-state index contributed by atoms with van der Waals surface area (Å²) >= 11 is 0. The molecule has 0 spiro atoms. The standard InChI is InChI=1S/C21H34O12/c1-3-9(2)18(28)33-19-14-11(4-13(24)21(14,29)8-23)10(6-30-19)7-31-20-17(27)16(26)15(25)12(5-22)32-20/h6,9,11-17,19-20,22-27,29H,3-5,7-8H2,1-2H3/t9?,11?,12-,13+,14?,15-,16+,17-,19?,20-,21-/m1/s1. The molecule has 33 heavy (non-hydrogen) atoms. The molecule has 4 unspecified atom stereocenters. The number of carbonyl (C=O) groups excluding carboxylic acids is 1. The molecule has 12 heteroatoms. The van der Waals surface area contributed by atoms with Crippen molar-refractivity contribution < 1.29 is 59.5 Å². The van der Waals surface area contributed by atoms with E-state index in [1.54, 1.807) is 6.92 Å². The molecule has 12 nitrogen and oxygen atoms in total. The van der Waals surface area contributed by atoms with Crippen LogP contribution in [0.4, 0.5) is 0 Å². The third-order valence-corrected chi connectivity index (χ3v) is 6.95. The Morgan fingerprint density at radius 2 is 1.88 bits per heavy atom. The number of esters is 1. The monoisotopic (exact) mass is 478 g/mol. The highest BCUT2D eigenvalue weighted by molar-refractivity contribution is 5.72. The van der Waals surface area contributed by atoms with Crippen LogP contribution in [0.25, 0.3) is 0 Å². The maximum atomic E-state index is 12.3. The van der Waals surface area contributed by atoms with Crippen molar-refractivity contribution in [3.8, 4) is 0 Å². The lowest BCUT2D eigenvalue weighted by Gasteiger charge is -2.41. The molecule has 1 saturated heterocycles. The van der Waals surface area contributed by atoms with Crippen molar-refractivity contribution in [1.29, 1.82) is 0 Å². The highest BCUT2D eigenvalue weighted by Crippen LogP contribution is 2.49. The molecule has 0 aromatic carbocycles. The molecule has 0 aromatic heterocycles. The Morgan fingerprint density at radius 3 is 2.48 bits per heavy atom. The smallest absolute Gasteiger partial charge is 0.311 e. The number of fused-ring (bicyclic) bond motifs is 1. The molecule has 190 valence electrons. The van der Waals surface area contributed by atoms with Crippen LogP contribution in [0.15, 0.2) is 11.8 Å². The van der Waals surface area contributed by atoms with Gasteiger partial charge in [0.1, 0.15) is 30.0 Å². The lowest BCUT2D eigenvalue weighted by atomic mass is 9.80. The first-order valence-corrected chi connectivity index (χ1v) is 11.1. The van der Waals surface area contributed by atoms with Gasteiger partial charge < -0.3 is 54.7 Å². The van der Waals surface area contributed by atoms with Gasteiger partial charge in [-0.25, -0.2) is 0 Å². The van der Waals surface area contributed by atoms with Crippen molar-refractivity contribution in [3.05, 3.63) is 11.8 Å². The third kappa shape index (κ3) is 4.90. The van der Waals surface area contributed by atoms with E-state index in [4.69, 9.17) is 18.9 Å². The van der Waals surface area contributed by atoms with Gasteiger partial charge in [0.2, 0.25) is 6.29 Å². The molecule has 1 aliphatic carbocycles. The zero-order chi connectivity index (χ0) is 24.5. The first kappa shape index (κ1) is 26.3. The average Bonchev–Trinajstić information content (AvgIpc) is 3.08. The minimum Gasteiger partial charge on any atom is -0.462 e. The molecule has 0 aromatic rings. The van der Waals surface area contributed by atoms with Crippen LogP contribution in [-0.2, 0) is 23.7 Å². The SMILES string of the molecule is CCC(C)C(=O)OC1OC=C(CO[C@@H]2O[C@H](CO)[C@@H](O)[C@H](O)[C@H]2O)C2C[C@H](O)[C@](O)(CO)C12. The lowest BCUT2D eigenvalue weighted by Crippen LogP contribution is -2.59. The Morgan fingerprint density at radius 1 is 1.18 bits per heavy atom. The van der Waals surface area contributed by atoms with E-state index in [1.807, 2.05) is 6.92 Å². The molecule has 0 amide bonds. The number of ether oxygens (including phenoxy) is 4. The average molecular weight is 478 g/mol. The van der Waals surface area contributed by atoms with Crippen molar-refractivity contribution in [2.24, 2.45) is 17.8 Å². The molecule has 0 bridgehead atoms. The fraction of sp³-hybridized carbons (Fsp3) is 0.857. The van der Waals surface area contributed by atoms with E-state index in [0.29, 0.717) is 12.0 Å². The number of hydrogen-bond donors (Lipinski definition) is 7. The lowest BCUT2D eigenvalue weighted by molar-refractivity contribution is -0.299. The second-order valence-electron chi connectivity index (χ2n) is 8.98. The van der Waals surface area contributed by atoms with Crippen molar-refractivity contribution in [3.63, 3.8) is 0 Å². The number of aliphatic hydroxyl groups excluding tert-OH is 6. The van der Waals surface area contributed by atoms with Gasteiger partial charge in [-0.15, -0.1) is 0 Å². The van der Waals surface area contributed by atoms with Crippen molar-refractivity contribution in [2.45, 2.75) is 75.4 Å². The number of hydrogen-bond acceptors (Lipinski definition) is 12. The number of carbonyl (C=O) groups is 1. The Bertz CT molecular complexity index is 713. The summed E-state index contributed by atoms with van der Waals surface area (Å²) in [5.41, 5.74) is -1.57. The summed E-state index contributed by atoms with van der Waals surface area (Å²) in [6, 6.07) is 0. The van der Waals surface area contributed by atoms with Crippen molar-refractivity contribution in [1.82, 2.24) is 0 Å². The maximum Gasteiger partial charge on any atom is 0.311 e. The molecule has 3 rings (SSSR count). The quantitative estimate of drug-likeness (QED) is 0.179. The fourth-order valence-corrected chi connectivity index (χ4v) is 4.53. The first-order chi connectivity index (χ1) is 15.6. The molecule has 7 N–H and O–H groups in total. The molecule has 2 heterocycles. The Hall–Kier alpha value is -1.35. The second-order valence-corrected chi connectivity index (χ2v) is 8.98. The zero-order valence-corrected chi connectivity index (χ0v) is 18.6. The van der Waals surface area contributed by atoms with Gasteiger partial charge >= 0.3 is 5.97 Å². The van der Waals surface area contributed by atoms with Gasteiger partial charge in [0.05, 0.1) is 44.0 Å². The van der Waals surface area contributed by atoms with Gasteiger partial charge in [0.15, 0.2) is 6.29 Å². The van der Waals surface area contributed by atoms with E-state index in [0.717, 1.165) is 0 Å². The second kappa shape index (κ2) is 10.5. The van der Waals surface area contributed by atoms with Crippen LogP contribution in [0, 0.1) is 17.8 Å². The van der Waals surface area contributed by atoms with Crippen LogP contribution in [0.3, 0.4) is 0 Å². The molecule has 11 atom stereocenters. The van der Waals surface area contributed by atoms with Gasteiger partial charge in [-0.3, -0.25) is 4.79 Å².